The summed E-state index contributed by atoms with van der Waals surface area (Å²) in [6.07, 6.45) is 10.7. The fraction of sp³-hybridized carbons (Fsp3) is 0.824. The average molecular weight is 327 g/mol. The minimum absolute atomic E-state index is 0.888. The highest BCUT2D eigenvalue weighted by Crippen LogP contribution is 2.32. The van der Waals surface area contributed by atoms with Crippen molar-refractivity contribution in [1.82, 2.24) is 10.3 Å². The molecule has 0 unspecified atom stereocenters. The van der Waals surface area contributed by atoms with E-state index in [1.807, 2.05) is 11.3 Å². The number of nitrogens with one attached hydrogen (secondary N) is 1. The first-order valence-corrected chi connectivity index (χ1v) is 10.5. The van der Waals surface area contributed by atoms with Crippen LogP contribution in [0.25, 0.3) is 0 Å². The smallest absolute Gasteiger partial charge is 0.103 e. The first-order chi connectivity index (χ1) is 10.3. The largest absolute Gasteiger partial charge is 0.312 e. The van der Waals surface area contributed by atoms with Crippen molar-refractivity contribution in [3.63, 3.8) is 0 Å². The van der Waals surface area contributed by atoms with Crippen molar-refractivity contribution in [2.75, 3.05) is 6.54 Å². The van der Waals surface area contributed by atoms with E-state index in [1.165, 1.54) is 60.5 Å². The quantitative estimate of drug-likeness (QED) is 0.634. The third-order valence-electron chi connectivity index (χ3n) is 4.02. The zero-order valence-electron chi connectivity index (χ0n) is 13.6. The van der Waals surface area contributed by atoms with E-state index in [4.69, 9.17) is 4.98 Å². The predicted molar refractivity (Wildman–Crippen MR) is 96.3 cm³/mol. The van der Waals surface area contributed by atoms with Crippen LogP contribution in [0.5, 0.6) is 0 Å². The maximum absolute atomic E-state index is 4.92. The molecule has 0 spiro atoms. The molecular weight excluding hydrogens is 296 g/mol. The second-order valence-corrected chi connectivity index (χ2v) is 8.43. The van der Waals surface area contributed by atoms with Crippen molar-refractivity contribution in [3.05, 3.63) is 15.6 Å². The number of thiazole rings is 1. The van der Waals surface area contributed by atoms with E-state index in [0.29, 0.717) is 0 Å². The molecule has 2 nitrogen and oxygen atoms in total. The second-order valence-electron chi connectivity index (χ2n) is 5.98. The van der Waals surface area contributed by atoms with Crippen LogP contribution < -0.4 is 5.32 Å². The van der Waals surface area contributed by atoms with E-state index in [0.717, 1.165) is 30.5 Å². The number of aryl methyl sites for hydroxylation is 1. The first-order valence-electron chi connectivity index (χ1n) is 8.63. The van der Waals surface area contributed by atoms with Gasteiger partial charge in [0, 0.05) is 22.4 Å². The highest BCUT2D eigenvalue weighted by atomic mass is 32.2. The van der Waals surface area contributed by atoms with Crippen LogP contribution in [0.3, 0.4) is 0 Å². The van der Waals surface area contributed by atoms with Crippen molar-refractivity contribution in [1.29, 1.82) is 0 Å². The predicted octanol–water partition coefficient (Wildman–Crippen LogP) is 5.16. The molecule has 0 aromatic carbocycles. The Kier molecular flexibility index (Phi) is 8.12. The summed E-state index contributed by atoms with van der Waals surface area (Å²) in [5, 5.41) is 5.77. The summed E-state index contributed by atoms with van der Waals surface area (Å²) in [4.78, 5) is 6.40. The monoisotopic (exact) mass is 326 g/mol. The van der Waals surface area contributed by atoms with Gasteiger partial charge in [-0.25, -0.2) is 4.98 Å². The Morgan fingerprint density at radius 3 is 2.71 bits per heavy atom. The van der Waals surface area contributed by atoms with Crippen molar-refractivity contribution < 1.29 is 0 Å². The highest BCUT2D eigenvalue weighted by Gasteiger charge is 2.16. The lowest BCUT2D eigenvalue weighted by Gasteiger charge is -2.20. The van der Waals surface area contributed by atoms with E-state index in [-0.39, 0.29) is 0 Å². The van der Waals surface area contributed by atoms with Gasteiger partial charge < -0.3 is 5.32 Å². The van der Waals surface area contributed by atoms with Crippen LogP contribution in [0, 0.1) is 0 Å². The normalized spacial score (nSPS) is 16.5. The van der Waals surface area contributed by atoms with Gasteiger partial charge >= 0.3 is 0 Å². The maximum Gasteiger partial charge on any atom is 0.103 e. The number of nitrogens with zero attached hydrogens (tertiary/aromatic N) is 1. The molecular formula is C17H30N2S2. The standard InChI is InChI=1S/C17H30N2S2/c1-3-8-15-16(12-18-11-4-2)21-17(19-15)13-20-14-9-6-5-7-10-14/h14,18H,3-13H2,1-2H3. The molecule has 1 aliphatic rings. The summed E-state index contributed by atoms with van der Waals surface area (Å²) in [5.41, 5.74) is 1.35. The SMILES string of the molecule is CCCNCc1sc(CSC2CCCCC2)nc1CCC. The van der Waals surface area contributed by atoms with E-state index < -0.39 is 0 Å². The summed E-state index contributed by atoms with van der Waals surface area (Å²) in [7, 11) is 0. The molecule has 120 valence electrons. The van der Waals surface area contributed by atoms with Gasteiger partial charge in [0.2, 0.25) is 0 Å². The van der Waals surface area contributed by atoms with Crippen LogP contribution in [0.15, 0.2) is 0 Å². The zero-order valence-corrected chi connectivity index (χ0v) is 15.3. The molecule has 1 N–H and O–H groups in total. The van der Waals surface area contributed by atoms with Gasteiger partial charge in [0.15, 0.2) is 0 Å². The third kappa shape index (κ3) is 5.91. The summed E-state index contributed by atoms with van der Waals surface area (Å²) >= 11 is 4.09. The molecule has 0 bridgehead atoms. The zero-order chi connectivity index (χ0) is 14.9. The lowest BCUT2D eigenvalue weighted by atomic mass is 10.0. The Hall–Kier alpha value is -0.0600. The van der Waals surface area contributed by atoms with Gasteiger partial charge in [-0.3, -0.25) is 0 Å². The molecule has 0 radical (unpaired) electrons. The minimum Gasteiger partial charge on any atom is -0.312 e. The van der Waals surface area contributed by atoms with E-state index >= 15 is 0 Å². The molecule has 21 heavy (non-hydrogen) atoms. The molecule has 2 rings (SSSR count). The summed E-state index contributed by atoms with van der Waals surface area (Å²) in [5.74, 6) is 1.12. The Morgan fingerprint density at radius 2 is 2.00 bits per heavy atom. The van der Waals surface area contributed by atoms with Gasteiger partial charge in [-0.2, -0.15) is 11.8 Å². The Bertz CT molecular complexity index is 397. The Morgan fingerprint density at radius 1 is 1.19 bits per heavy atom. The molecule has 1 aromatic heterocycles. The third-order valence-corrected chi connectivity index (χ3v) is 6.68. The van der Waals surface area contributed by atoms with E-state index in [1.54, 1.807) is 0 Å². The van der Waals surface area contributed by atoms with Crippen LogP contribution >= 0.6 is 23.1 Å². The van der Waals surface area contributed by atoms with E-state index in [2.05, 4.69) is 30.9 Å². The number of hydrogen-bond acceptors (Lipinski definition) is 4. The van der Waals surface area contributed by atoms with Crippen LogP contribution in [0.1, 0.15) is 74.4 Å². The van der Waals surface area contributed by atoms with Gasteiger partial charge in [0.05, 0.1) is 5.69 Å². The average Bonchev–Trinajstić information content (AvgIpc) is 2.89. The fourth-order valence-corrected chi connectivity index (χ4v) is 5.30. The summed E-state index contributed by atoms with van der Waals surface area (Å²) in [6, 6.07) is 0. The van der Waals surface area contributed by atoms with Crippen LogP contribution in [0.2, 0.25) is 0 Å². The minimum atomic E-state index is 0.888. The van der Waals surface area contributed by atoms with E-state index in [9.17, 15) is 0 Å². The van der Waals surface area contributed by atoms with Crippen LogP contribution in [-0.4, -0.2) is 16.8 Å². The first kappa shape index (κ1) is 17.3. The highest BCUT2D eigenvalue weighted by molar-refractivity contribution is 7.99. The fourth-order valence-electron chi connectivity index (χ4n) is 2.87. The van der Waals surface area contributed by atoms with Crippen molar-refractivity contribution >= 4 is 23.1 Å². The number of rotatable bonds is 9. The van der Waals surface area contributed by atoms with Gasteiger partial charge in [0.25, 0.3) is 0 Å². The van der Waals surface area contributed by atoms with Crippen molar-refractivity contribution in [2.24, 2.45) is 0 Å². The molecule has 0 atom stereocenters. The topological polar surface area (TPSA) is 24.9 Å². The lowest BCUT2D eigenvalue weighted by molar-refractivity contribution is 0.516. The molecule has 1 saturated carbocycles. The molecule has 0 saturated heterocycles. The number of hydrogen-bond donors (Lipinski definition) is 1. The van der Waals surface area contributed by atoms with Gasteiger partial charge in [-0.1, -0.05) is 39.5 Å². The summed E-state index contributed by atoms with van der Waals surface area (Å²) in [6.45, 7) is 6.59. The van der Waals surface area contributed by atoms with Crippen molar-refractivity contribution in [3.8, 4) is 0 Å². The van der Waals surface area contributed by atoms with Gasteiger partial charge in [0.1, 0.15) is 5.01 Å². The Balaban J connectivity index is 1.87. The molecule has 1 heterocycles. The maximum atomic E-state index is 4.92. The van der Waals surface area contributed by atoms with Crippen molar-refractivity contribution in [2.45, 2.75) is 82.8 Å². The number of thioether (sulfide) groups is 1. The molecule has 1 aromatic rings. The molecule has 4 heteroatoms. The number of aromatic nitrogens is 1. The van der Waals surface area contributed by atoms with Gasteiger partial charge in [-0.05, 0) is 32.2 Å². The Labute approximate surface area is 138 Å². The molecule has 1 aliphatic carbocycles. The van der Waals surface area contributed by atoms with Gasteiger partial charge in [-0.15, -0.1) is 11.3 Å². The second kappa shape index (κ2) is 9.86. The van der Waals surface area contributed by atoms with Crippen LogP contribution in [-0.2, 0) is 18.7 Å². The summed E-state index contributed by atoms with van der Waals surface area (Å²) < 4.78 is 0. The van der Waals surface area contributed by atoms with Crippen LogP contribution in [0.4, 0.5) is 0 Å². The molecule has 0 aliphatic heterocycles. The lowest BCUT2D eigenvalue weighted by Crippen LogP contribution is -2.13. The molecule has 0 amide bonds. The molecule has 1 fully saturated rings.